The van der Waals surface area contributed by atoms with Crippen molar-refractivity contribution in [1.82, 2.24) is 0 Å². The molecule has 0 aromatic carbocycles. The average molecular weight is 441 g/mol. The van der Waals surface area contributed by atoms with Crippen molar-refractivity contribution < 1.29 is 14.3 Å². The molecular weight excluding hydrogens is 396 g/mol. The van der Waals surface area contributed by atoms with E-state index in [1.165, 1.54) is 37.3 Å². The second-order valence-electron chi connectivity index (χ2n) is 12.3. The maximum absolute atomic E-state index is 13.8. The maximum Gasteiger partial charge on any atom is 0.302 e. The number of carbonyl (C=O) groups excluding carboxylic acids is 2. The molecule has 0 N–H and O–H groups in total. The van der Waals surface area contributed by atoms with Gasteiger partial charge in [-0.3, -0.25) is 9.59 Å². The van der Waals surface area contributed by atoms with Crippen LogP contribution in [0.3, 0.4) is 0 Å². The van der Waals surface area contributed by atoms with Gasteiger partial charge in [0.1, 0.15) is 11.9 Å². The molecule has 4 rings (SSSR count). The zero-order valence-corrected chi connectivity index (χ0v) is 21.2. The molecule has 0 amide bonds. The monoisotopic (exact) mass is 440 g/mol. The van der Waals surface area contributed by atoms with Crippen molar-refractivity contribution >= 4 is 11.8 Å². The minimum Gasteiger partial charge on any atom is -0.463 e. The summed E-state index contributed by atoms with van der Waals surface area (Å²) in [6.45, 7) is 13.1. The molecule has 3 nitrogen and oxygen atoms in total. The first kappa shape index (κ1) is 23.8. The second-order valence-corrected chi connectivity index (χ2v) is 12.3. The Kier molecular flexibility index (Phi) is 6.51. The van der Waals surface area contributed by atoms with E-state index in [2.05, 4.69) is 46.8 Å². The van der Waals surface area contributed by atoms with Gasteiger partial charge in [0.25, 0.3) is 0 Å². The number of esters is 1. The number of Topliss-reactive ketones (excluding diaryl/α,β-unsaturated/α-hetero) is 1. The highest BCUT2D eigenvalue weighted by Crippen LogP contribution is 2.66. The lowest BCUT2D eigenvalue weighted by atomic mass is 9.47. The van der Waals surface area contributed by atoms with Crippen LogP contribution in [0, 0.1) is 40.4 Å². The van der Waals surface area contributed by atoms with E-state index in [1.54, 1.807) is 0 Å². The number of allylic oxidation sites excluding steroid dienone is 4. The Morgan fingerprint density at radius 1 is 1.19 bits per heavy atom. The third-order valence-electron chi connectivity index (χ3n) is 10.00. The molecule has 3 saturated carbocycles. The van der Waals surface area contributed by atoms with Gasteiger partial charge in [-0.05, 0) is 99.7 Å². The summed E-state index contributed by atoms with van der Waals surface area (Å²) in [6.07, 6.45) is 14.4. The third kappa shape index (κ3) is 4.03. The normalized spacial score (nSPS) is 41.6. The van der Waals surface area contributed by atoms with E-state index in [0.717, 1.165) is 38.5 Å². The van der Waals surface area contributed by atoms with Crippen molar-refractivity contribution in [3.63, 3.8) is 0 Å². The summed E-state index contributed by atoms with van der Waals surface area (Å²) in [5.74, 6) is 2.75. The number of carbonyl (C=O) groups is 2. The summed E-state index contributed by atoms with van der Waals surface area (Å²) in [7, 11) is 0. The molecule has 0 aromatic rings. The Labute approximate surface area is 195 Å². The van der Waals surface area contributed by atoms with E-state index >= 15 is 0 Å². The summed E-state index contributed by atoms with van der Waals surface area (Å²) in [6, 6.07) is 0. The molecule has 178 valence electrons. The Morgan fingerprint density at radius 2 is 1.94 bits per heavy atom. The Hall–Kier alpha value is -1.38. The van der Waals surface area contributed by atoms with E-state index in [4.69, 9.17) is 4.74 Å². The molecule has 0 spiro atoms. The van der Waals surface area contributed by atoms with E-state index in [9.17, 15) is 9.59 Å². The zero-order valence-electron chi connectivity index (χ0n) is 21.2. The Morgan fingerprint density at radius 3 is 2.62 bits per heavy atom. The summed E-state index contributed by atoms with van der Waals surface area (Å²) in [5, 5.41) is 0. The lowest BCUT2D eigenvalue weighted by Gasteiger charge is -2.56. The van der Waals surface area contributed by atoms with Crippen LogP contribution in [0.1, 0.15) is 99.3 Å². The number of hydrogen-bond acceptors (Lipinski definition) is 3. The van der Waals surface area contributed by atoms with Gasteiger partial charge in [-0.1, -0.05) is 44.1 Å². The van der Waals surface area contributed by atoms with Crippen molar-refractivity contribution in [3.8, 4) is 0 Å². The van der Waals surface area contributed by atoms with Gasteiger partial charge >= 0.3 is 5.97 Å². The standard InChI is InChI=1S/C29H44O3/c1-18(2)8-7-9-19(3)24-12-13-25-23-11-10-21-16-22(32-20(4)30)14-15-28(21,5)27(23)26(31)17-29(24,25)6/h8,11,19,21-22,24-25,27H,7,9-10,12-17H2,1-6H3/t19-,21-,22-,24-,25+,27+,28-,29-/m1/s1. The fraction of sp³-hybridized carbons (Fsp3) is 0.793. The van der Waals surface area contributed by atoms with Gasteiger partial charge in [0.2, 0.25) is 0 Å². The second kappa shape index (κ2) is 8.76. The average Bonchev–Trinajstić information content (AvgIpc) is 3.03. The van der Waals surface area contributed by atoms with Crippen LogP contribution in [0.25, 0.3) is 0 Å². The fourth-order valence-corrected chi connectivity index (χ4v) is 8.46. The van der Waals surface area contributed by atoms with Gasteiger partial charge in [-0.15, -0.1) is 0 Å². The quantitative estimate of drug-likeness (QED) is 0.339. The molecule has 0 aliphatic heterocycles. The molecule has 3 fully saturated rings. The molecule has 3 heteroatoms. The van der Waals surface area contributed by atoms with Gasteiger partial charge in [-0.2, -0.15) is 0 Å². The highest BCUT2D eigenvalue weighted by Gasteiger charge is 2.61. The van der Waals surface area contributed by atoms with Crippen molar-refractivity contribution in [2.24, 2.45) is 40.4 Å². The minimum absolute atomic E-state index is 0.0296. The highest BCUT2D eigenvalue weighted by molar-refractivity contribution is 5.87. The van der Waals surface area contributed by atoms with E-state index < -0.39 is 0 Å². The first-order chi connectivity index (χ1) is 15.1. The van der Waals surface area contributed by atoms with Gasteiger partial charge in [0, 0.05) is 19.3 Å². The number of fused-ring (bicyclic) bond motifs is 5. The van der Waals surface area contributed by atoms with Crippen LogP contribution in [0.4, 0.5) is 0 Å². The molecule has 0 aromatic heterocycles. The number of ether oxygens (including phenoxy) is 1. The van der Waals surface area contributed by atoms with Crippen LogP contribution >= 0.6 is 0 Å². The maximum atomic E-state index is 13.8. The summed E-state index contributed by atoms with van der Waals surface area (Å²) in [4.78, 5) is 25.3. The fourth-order valence-electron chi connectivity index (χ4n) is 8.46. The molecule has 0 heterocycles. The third-order valence-corrected chi connectivity index (χ3v) is 10.00. The molecule has 32 heavy (non-hydrogen) atoms. The van der Waals surface area contributed by atoms with Crippen molar-refractivity contribution in [2.75, 3.05) is 0 Å². The van der Waals surface area contributed by atoms with Crippen LogP contribution in [0.5, 0.6) is 0 Å². The van der Waals surface area contributed by atoms with Crippen LogP contribution < -0.4 is 0 Å². The topological polar surface area (TPSA) is 43.4 Å². The van der Waals surface area contributed by atoms with Gasteiger partial charge in [0.15, 0.2) is 0 Å². The van der Waals surface area contributed by atoms with Crippen LogP contribution in [0.2, 0.25) is 0 Å². The van der Waals surface area contributed by atoms with E-state index in [0.29, 0.717) is 29.5 Å². The van der Waals surface area contributed by atoms with E-state index in [1.807, 2.05) is 0 Å². The summed E-state index contributed by atoms with van der Waals surface area (Å²) < 4.78 is 5.57. The summed E-state index contributed by atoms with van der Waals surface area (Å²) >= 11 is 0. The number of rotatable bonds is 5. The SMILES string of the molecule is CC(=O)O[C@@H]1CC[C@]2(C)[C@H](CC=C3[C@H]2C(=O)C[C@]2(C)[C@@H]([C@H](C)CCC=C(C)C)CC[C@@H]32)C1. The van der Waals surface area contributed by atoms with Crippen molar-refractivity contribution in [1.29, 1.82) is 0 Å². The molecule has 8 atom stereocenters. The molecule has 0 unspecified atom stereocenters. The van der Waals surface area contributed by atoms with E-state index in [-0.39, 0.29) is 28.8 Å². The van der Waals surface area contributed by atoms with Gasteiger partial charge < -0.3 is 4.74 Å². The van der Waals surface area contributed by atoms with Gasteiger partial charge in [0.05, 0.1) is 0 Å². The van der Waals surface area contributed by atoms with Crippen LogP contribution in [-0.4, -0.2) is 17.9 Å². The molecule has 0 saturated heterocycles. The van der Waals surface area contributed by atoms with Crippen LogP contribution in [0.15, 0.2) is 23.3 Å². The largest absolute Gasteiger partial charge is 0.463 e. The van der Waals surface area contributed by atoms with Crippen LogP contribution in [-0.2, 0) is 14.3 Å². The molecule has 4 aliphatic rings. The molecule has 0 radical (unpaired) electrons. The zero-order chi connectivity index (χ0) is 23.3. The number of hydrogen-bond donors (Lipinski definition) is 0. The van der Waals surface area contributed by atoms with Gasteiger partial charge in [-0.25, -0.2) is 0 Å². The first-order valence-corrected chi connectivity index (χ1v) is 13.1. The summed E-state index contributed by atoms with van der Waals surface area (Å²) in [5.41, 5.74) is 3.06. The lowest BCUT2D eigenvalue weighted by molar-refractivity contribution is -0.154. The smallest absolute Gasteiger partial charge is 0.302 e. The molecular formula is C29H44O3. The molecule has 4 aliphatic carbocycles. The first-order valence-electron chi connectivity index (χ1n) is 13.1. The van der Waals surface area contributed by atoms with Crippen molar-refractivity contribution in [3.05, 3.63) is 23.3 Å². The predicted octanol–water partition coefficient (Wildman–Crippen LogP) is 7.06. The Bertz CT molecular complexity index is 818. The minimum atomic E-state index is -0.175. The lowest BCUT2D eigenvalue weighted by Crippen LogP contribution is -2.54. The number of ketones is 1. The van der Waals surface area contributed by atoms with Crippen molar-refractivity contribution in [2.45, 2.75) is 105 Å². The predicted molar refractivity (Wildman–Crippen MR) is 129 cm³/mol. The molecule has 0 bridgehead atoms. The highest BCUT2D eigenvalue weighted by atomic mass is 16.5. The Balaban J connectivity index is 1.55.